The van der Waals surface area contributed by atoms with Crippen molar-refractivity contribution in [3.8, 4) is 0 Å². The lowest BCUT2D eigenvalue weighted by Gasteiger charge is -2.11. The molecule has 0 atom stereocenters. The zero-order valence-corrected chi connectivity index (χ0v) is 10.8. The van der Waals surface area contributed by atoms with Crippen LogP contribution in [-0.4, -0.2) is 35.8 Å². The van der Waals surface area contributed by atoms with Crippen LogP contribution in [0, 0.1) is 0 Å². The molecule has 0 fully saturated rings. The molecule has 8 heteroatoms. The summed E-state index contributed by atoms with van der Waals surface area (Å²) < 4.78 is 3.09. The number of aliphatic hydroxyl groups excluding tert-OH is 1. The lowest BCUT2D eigenvalue weighted by Crippen LogP contribution is -2.21. The van der Waals surface area contributed by atoms with Gasteiger partial charge in [0.1, 0.15) is 18.1 Å². The summed E-state index contributed by atoms with van der Waals surface area (Å²) in [6, 6.07) is 1.90. The molecule has 0 aliphatic carbocycles. The molecule has 1 amide bonds. The fourth-order valence-electron chi connectivity index (χ4n) is 1.64. The Balaban J connectivity index is 1.99. The van der Waals surface area contributed by atoms with Crippen LogP contribution in [0.5, 0.6) is 0 Å². The van der Waals surface area contributed by atoms with Crippen LogP contribution in [0.25, 0.3) is 0 Å². The maximum Gasteiger partial charge on any atom is 0.247 e. The molecule has 2 aromatic heterocycles. The fourth-order valence-corrected chi connectivity index (χ4v) is 1.64. The summed E-state index contributed by atoms with van der Waals surface area (Å²) in [7, 11) is 0. The summed E-state index contributed by atoms with van der Waals surface area (Å²) in [5.74, 6) is 0.416. The first-order chi connectivity index (χ1) is 9.10. The van der Waals surface area contributed by atoms with E-state index in [2.05, 4.69) is 20.7 Å². The Kier molecular flexibility index (Phi) is 3.91. The summed E-state index contributed by atoms with van der Waals surface area (Å²) in [5, 5.41) is 23.2. The van der Waals surface area contributed by atoms with Crippen molar-refractivity contribution in [3.63, 3.8) is 0 Å². The number of aliphatic hydroxyl groups is 1. The van der Waals surface area contributed by atoms with Gasteiger partial charge in [-0.05, 0) is 13.8 Å². The molecule has 2 aromatic rings. The maximum atomic E-state index is 11.8. The van der Waals surface area contributed by atoms with Gasteiger partial charge in [-0.2, -0.15) is 5.10 Å². The molecule has 0 aromatic carbocycles. The molecule has 0 radical (unpaired) electrons. The minimum absolute atomic E-state index is 0.0380. The number of nitrogens with one attached hydrogen (secondary N) is 1. The van der Waals surface area contributed by atoms with Gasteiger partial charge in [0.25, 0.3) is 0 Å². The minimum atomic E-state index is -0.225. The van der Waals surface area contributed by atoms with Crippen LogP contribution >= 0.6 is 0 Å². The van der Waals surface area contributed by atoms with Crippen molar-refractivity contribution in [2.75, 3.05) is 5.32 Å². The van der Waals surface area contributed by atoms with Gasteiger partial charge in [0.2, 0.25) is 5.91 Å². The molecule has 0 bridgehead atoms. The number of aromatic nitrogens is 5. The van der Waals surface area contributed by atoms with E-state index in [-0.39, 0.29) is 25.1 Å². The average molecular weight is 264 g/mol. The van der Waals surface area contributed by atoms with Gasteiger partial charge in [-0.15, -0.1) is 5.10 Å². The topological polar surface area (TPSA) is 97.9 Å². The van der Waals surface area contributed by atoms with Crippen LogP contribution in [0.3, 0.4) is 0 Å². The number of carbonyl (C=O) groups excluding carboxylic acids is 1. The van der Waals surface area contributed by atoms with Crippen LogP contribution in [-0.2, 0) is 17.9 Å². The Morgan fingerprint density at radius 3 is 2.95 bits per heavy atom. The number of hydrogen-bond donors (Lipinski definition) is 2. The third-order valence-electron chi connectivity index (χ3n) is 2.48. The Morgan fingerprint density at radius 2 is 2.32 bits per heavy atom. The van der Waals surface area contributed by atoms with E-state index in [4.69, 9.17) is 5.11 Å². The van der Waals surface area contributed by atoms with Gasteiger partial charge in [-0.25, -0.2) is 9.36 Å². The lowest BCUT2D eigenvalue weighted by atomic mass is 10.4. The van der Waals surface area contributed by atoms with Gasteiger partial charge in [-0.1, -0.05) is 5.21 Å². The fraction of sp³-hybridized carbons (Fsp3) is 0.455. The Bertz CT molecular complexity index is 559. The number of anilines is 1. The third kappa shape index (κ3) is 3.16. The highest BCUT2D eigenvalue weighted by Gasteiger charge is 2.10. The van der Waals surface area contributed by atoms with Gasteiger partial charge < -0.3 is 10.4 Å². The summed E-state index contributed by atoms with van der Waals surface area (Å²) in [4.78, 5) is 11.8. The molecule has 0 saturated heterocycles. The summed E-state index contributed by atoms with van der Waals surface area (Å²) >= 11 is 0. The van der Waals surface area contributed by atoms with Crippen LogP contribution < -0.4 is 5.32 Å². The van der Waals surface area contributed by atoms with Gasteiger partial charge in [0.15, 0.2) is 0 Å². The predicted octanol–water partition coefficient (Wildman–Crippen LogP) is 0.186. The van der Waals surface area contributed by atoms with Crippen LogP contribution in [0.4, 0.5) is 5.82 Å². The molecule has 0 saturated carbocycles. The highest BCUT2D eigenvalue weighted by atomic mass is 16.3. The number of rotatable bonds is 5. The molecule has 19 heavy (non-hydrogen) atoms. The molecule has 0 unspecified atom stereocenters. The molecule has 0 aliphatic heterocycles. The first kappa shape index (κ1) is 13.2. The number of hydrogen-bond acceptors (Lipinski definition) is 5. The smallest absolute Gasteiger partial charge is 0.247 e. The van der Waals surface area contributed by atoms with Crippen LogP contribution in [0.1, 0.15) is 25.6 Å². The van der Waals surface area contributed by atoms with Gasteiger partial charge in [-0.3, -0.25) is 4.79 Å². The molecule has 2 rings (SSSR count). The number of amides is 1. The Hall–Kier alpha value is -2.22. The number of carbonyl (C=O) groups is 1. The SMILES string of the molecule is CC(C)n1nccc1NC(=O)Cn1cc(CO)nn1. The van der Waals surface area contributed by atoms with Gasteiger partial charge in [0.05, 0.1) is 19.0 Å². The monoisotopic (exact) mass is 264 g/mol. The Morgan fingerprint density at radius 1 is 1.53 bits per heavy atom. The number of nitrogens with zero attached hydrogens (tertiary/aromatic N) is 5. The average Bonchev–Trinajstić information content (AvgIpc) is 2.97. The highest BCUT2D eigenvalue weighted by Crippen LogP contribution is 2.12. The molecule has 102 valence electrons. The van der Waals surface area contributed by atoms with Crippen molar-refractivity contribution >= 4 is 11.7 Å². The molecule has 8 nitrogen and oxygen atoms in total. The molecule has 2 heterocycles. The summed E-state index contributed by atoms with van der Waals surface area (Å²) in [6.45, 7) is 3.80. The third-order valence-corrected chi connectivity index (χ3v) is 2.48. The van der Waals surface area contributed by atoms with E-state index in [0.717, 1.165) is 0 Å². The first-order valence-electron chi connectivity index (χ1n) is 5.93. The predicted molar refractivity (Wildman–Crippen MR) is 67.2 cm³/mol. The van der Waals surface area contributed by atoms with E-state index in [9.17, 15) is 4.79 Å². The second-order valence-corrected chi connectivity index (χ2v) is 4.37. The van der Waals surface area contributed by atoms with Crippen molar-refractivity contribution in [2.24, 2.45) is 0 Å². The van der Waals surface area contributed by atoms with E-state index < -0.39 is 0 Å². The maximum absolute atomic E-state index is 11.8. The van der Waals surface area contributed by atoms with Crippen molar-refractivity contribution in [1.82, 2.24) is 24.8 Å². The zero-order valence-electron chi connectivity index (χ0n) is 10.8. The quantitative estimate of drug-likeness (QED) is 0.803. The van der Waals surface area contributed by atoms with Crippen molar-refractivity contribution in [3.05, 3.63) is 24.2 Å². The van der Waals surface area contributed by atoms with Crippen molar-refractivity contribution in [1.29, 1.82) is 0 Å². The second kappa shape index (κ2) is 5.61. The first-order valence-corrected chi connectivity index (χ1v) is 5.93. The van der Waals surface area contributed by atoms with Crippen LogP contribution in [0.15, 0.2) is 18.5 Å². The molecular formula is C11H16N6O2. The standard InChI is InChI=1S/C11H16N6O2/c1-8(2)17-10(3-4-12-17)13-11(19)6-16-5-9(7-18)14-15-16/h3-5,8,18H,6-7H2,1-2H3,(H,13,19). The normalized spacial score (nSPS) is 10.9. The molecule has 0 aliphatic rings. The van der Waals surface area contributed by atoms with Crippen LogP contribution in [0.2, 0.25) is 0 Å². The summed E-state index contributed by atoms with van der Waals surface area (Å²) in [5.41, 5.74) is 0.431. The molecule has 0 spiro atoms. The van der Waals surface area contributed by atoms with Crippen molar-refractivity contribution < 1.29 is 9.90 Å². The Labute approximate surface area is 110 Å². The van der Waals surface area contributed by atoms with E-state index in [1.807, 2.05) is 13.8 Å². The van der Waals surface area contributed by atoms with E-state index in [0.29, 0.717) is 11.5 Å². The largest absolute Gasteiger partial charge is 0.390 e. The van der Waals surface area contributed by atoms with Gasteiger partial charge >= 0.3 is 0 Å². The minimum Gasteiger partial charge on any atom is -0.390 e. The van der Waals surface area contributed by atoms with Gasteiger partial charge in [0, 0.05) is 12.1 Å². The van der Waals surface area contributed by atoms with E-state index in [1.165, 1.54) is 10.9 Å². The zero-order chi connectivity index (χ0) is 13.8. The lowest BCUT2D eigenvalue weighted by molar-refractivity contribution is -0.117. The second-order valence-electron chi connectivity index (χ2n) is 4.37. The van der Waals surface area contributed by atoms with E-state index >= 15 is 0 Å². The molecular weight excluding hydrogens is 248 g/mol. The highest BCUT2D eigenvalue weighted by molar-refractivity contribution is 5.89. The van der Waals surface area contributed by atoms with Crippen molar-refractivity contribution in [2.45, 2.75) is 33.0 Å². The van der Waals surface area contributed by atoms with E-state index in [1.54, 1.807) is 16.9 Å². The summed E-state index contributed by atoms with van der Waals surface area (Å²) in [6.07, 6.45) is 3.16. The molecule has 2 N–H and O–H groups in total.